The first kappa shape index (κ1) is 35.4. The number of nitrogens with two attached hydrogens (primary N) is 1. The molecule has 1 aliphatic rings. The summed E-state index contributed by atoms with van der Waals surface area (Å²) in [5, 5.41) is 31.8. The molecule has 0 saturated carbocycles. The summed E-state index contributed by atoms with van der Waals surface area (Å²) in [5.74, 6) is -4.49. The second-order valence-electron chi connectivity index (χ2n) is 9.46. The molecule has 3 rings (SSSR count). The van der Waals surface area contributed by atoms with Crippen molar-refractivity contribution in [3.05, 3.63) is 34.2 Å². The van der Waals surface area contributed by atoms with Gasteiger partial charge in [0.2, 0.25) is 0 Å². The second-order valence-corrected chi connectivity index (χ2v) is 11.6. The molecule has 0 radical (unpaired) electrons. The minimum atomic E-state index is -1.42. The summed E-state index contributed by atoms with van der Waals surface area (Å²) in [6, 6.07) is 2.47. The van der Waals surface area contributed by atoms with Crippen LogP contribution in [0.1, 0.15) is 25.0 Å². The summed E-state index contributed by atoms with van der Waals surface area (Å²) in [6.07, 6.45) is -2.73. The van der Waals surface area contributed by atoms with E-state index in [0.29, 0.717) is 11.3 Å². The number of benzene rings is 1. The maximum atomic E-state index is 13.6. The second kappa shape index (κ2) is 16.3. The fourth-order valence-electron chi connectivity index (χ4n) is 3.99. The van der Waals surface area contributed by atoms with Crippen molar-refractivity contribution in [2.45, 2.75) is 41.9 Å². The SMILES string of the molecule is Nc1nonc1C(=Nc1ccc(F)c(Br)c1)NC(=O)C(=O)NCCC(S)C(S)CCNC(=O)O[C@@H]1C[C@H](C(=O)O)N(C(=O)O)C1. The molecule has 1 aromatic heterocycles. The monoisotopic (exact) mass is 734 g/mol. The van der Waals surface area contributed by atoms with Crippen molar-refractivity contribution in [2.24, 2.45) is 4.99 Å². The van der Waals surface area contributed by atoms with E-state index in [4.69, 9.17) is 20.7 Å². The number of carboxylic acid groups (broad SMARTS) is 2. The van der Waals surface area contributed by atoms with Crippen LogP contribution >= 0.6 is 41.2 Å². The highest BCUT2D eigenvalue weighted by Crippen LogP contribution is 2.23. The number of carbonyl (C=O) groups is 5. The van der Waals surface area contributed by atoms with E-state index in [0.717, 1.165) is 6.07 Å². The van der Waals surface area contributed by atoms with Crippen molar-refractivity contribution in [1.82, 2.24) is 31.2 Å². The van der Waals surface area contributed by atoms with Gasteiger partial charge in [0.15, 0.2) is 17.3 Å². The molecular weight excluding hydrogens is 707 g/mol. The number of likely N-dealkylation sites (tertiary alicyclic amines) is 1. The van der Waals surface area contributed by atoms with Crippen LogP contribution in [0.5, 0.6) is 0 Å². The van der Waals surface area contributed by atoms with Gasteiger partial charge in [-0.1, -0.05) is 0 Å². The molecule has 0 aliphatic carbocycles. The molecule has 1 fully saturated rings. The van der Waals surface area contributed by atoms with Crippen LogP contribution in [0.3, 0.4) is 0 Å². The predicted molar refractivity (Wildman–Crippen MR) is 164 cm³/mol. The van der Waals surface area contributed by atoms with Crippen molar-refractivity contribution in [3.63, 3.8) is 0 Å². The van der Waals surface area contributed by atoms with Crippen LogP contribution in [0, 0.1) is 5.82 Å². The van der Waals surface area contributed by atoms with Crippen molar-refractivity contribution in [1.29, 1.82) is 0 Å². The largest absolute Gasteiger partial charge is 0.480 e. The zero-order valence-corrected chi connectivity index (χ0v) is 26.4. The van der Waals surface area contributed by atoms with Crippen LogP contribution in [0.2, 0.25) is 0 Å². The first-order chi connectivity index (χ1) is 21.3. The lowest BCUT2D eigenvalue weighted by atomic mass is 10.1. The number of anilines is 1. The molecule has 0 bridgehead atoms. The van der Waals surface area contributed by atoms with E-state index in [1.807, 2.05) is 0 Å². The van der Waals surface area contributed by atoms with Crippen LogP contribution in [-0.2, 0) is 19.1 Å². The molecule has 2 aromatic rings. The molecule has 21 heteroatoms. The van der Waals surface area contributed by atoms with Crippen molar-refractivity contribution >= 4 is 88.5 Å². The molecule has 45 heavy (non-hydrogen) atoms. The third kappa shape index (κ3) is 10.2. The molecule has 2 unspecified atom stereocenters. The summed E-state index contributed by atoms with van der Waals surface area (Å²) in [7, 11) is 0. The minimum Gasteiger partial charge on any atom is -0.480 e. The van der Waals surface area contributed by atoms with E-state index in [1.54, 1.807) is 0 Å². The van der Waals surface area contributed by atoms with Crippen LogP contribution in [0.4, 0.5) is 25.5 Å². The lowest BCUT2D eigenvalue weighted by molar-refractivity contribution is -0.141. The Kier molecular flexibility index (Phi) is 12.8. The van der Waals surface area contributed by atoms with E-state index in [-0.39, 0.29) is 70.5 Å². The number of amides is 4. The third-order valence-electron chi connectivity index (χ3n) is 6.27. The Morgan fingerprint density at radius 1 is 1.13 bits per heavy atom. The highest BCUT2D eigenvalue weighted by atomic mass is 79.9. The van der Waals surface area contributed by atoms with E-state index < -0.39 is 47.9 Å². The molecule has 1 aromatic carbocycles. The number of hydrogen-bond acceptors (Lipinski definition) is 13. The number of nitrogen functional groups attached to an aromatic ring is 1. The summed E-state index contributed by atoms with van der Waals surface area (Å²) in [5.41, 5.74) is 5.74. The standard InChI is InChI=1S/C24H28BrFN8O9S2/c25-12-7-10(1-2-13(12)26)30-19(17-18(27)33-43-32-17)31-21(36)20(35)28-5-3-15(44)16(45)4-6-29-23(39)42-11-8-14(22(37)38)34(9-11)24(40)41/h1-2,7,11,14-16,44-45H,3-6,8-9H2,(H2,27,33)(H,28,35)(H,29,39)(H,37,38)(H,40,41)(H,30,31,36)/t11-,14-,15?,16?/m1/s1. The Morgan fingerprint density at radius 3 is 2.36 bits per heavy atom. The topological polar surface area (TPSA) is 252 Å². The first-order valence-corrected chi connectivity index (χ1v) is 14.8. The zero-order valence-electron chi connectivity index (χ0n) is 23.1. The minimum absolute atomic E-state index is 0.0322. The van der Waals surface area contributed by atoms with Gasteiger partial charge in [-0.05, 0) is 57.3 Å². The summed E-state index contributed by atoms with van der Waals surface area (Å²) in [6.45, 7) is -0.114. The van der Waals surface area contributed by atoms with Gasteiger partial charge in [0.05, 0.1) is 16.7 Å². The van der Waals surface area contributed by atoms with E-state index in [9.17, 15) is 28.4 Å². The van der Waals surface area contributed by atoms with Crippen LogP contribution in [0.25, 0.3) is 0 Å². The maximum Gasteiger partial charge on any atom is 0.408 e. The summed E-state index contributed by atoms with van der Waals surface area (Å²) < 4.78 is 23.4. The van der Waals surface area contributed by atoms with E-state index >= 15 is 0 Å². The molecule has 244 valence electrons. The van der Waals surface area contributed by atoms with Crippen molar-refractivity contribution < 1.29 is 47.9 Å². The Labute approximate surface area is 273 Å². The van der Waals surface area contributed by atoms with E-state index in [1.165, 1.54) is 12.1 Å². The zero-order chi connectivity index (χ0) is 33.3. The third-order valence-corrected chi connectivity index (χ3v) is 8.35. The van der Waals surface area contributed by atoms with Crippen LogP contribution in [0.15, 0.2) is 32.3 Å². The number of hydrogen-bond donors (Lipinski definition) is 8. The Balaban J connectivity index is 1.42. The first-order valence-electron chi connectivity index (χ1n) is 13.0. The lowest BCUT2D eigenvalue weighted by Gasteiger charge is -2.19. The van der Waals surface area contributed by atoms with Gasteiger partial charge in [0.1, 0.15) is 18.0 Å². The number of aliphatic carboxylic acids is 1. The number of ether oxygens (including phenoxy) is 1. The number of nitrogens with one attached hydrogen (secondary N) is 3. The number of thiol groups is 2. The van der Waals surface area contributed by atoms with Gasteiger partial charge >= 0.3 is 30.0 Å². The maximum absolute atomic E-state index is 13.6. The van der Waals surface area contributed by atoms with Gasteiger partial charge in [-0.25, -0.2) is 28.4 Å². The van der Waals surface area contributed by atoms with E-state index in [2.05, 4.69) is 77.1 Å². The number of alkyl carbamates (subject to hydrolysis) is 1. The number of aliphatic imine (C=N–C) groups is 1. The quantitative estimate of drug-likeness (QED) is 0.0701. The Hall–Kier alpha value is -4.11. The molecule has 1 saturated heterocycles. The average Bonchev–Trinajstić information content (AvgIpc) is 3.60. The molecule has 4 amide bonds. The average molecular weight is 736 g/mol. The number of rotatable bonds is 11. The Bertz CT molecular complexity index is 1440. The highest BCUT2D eigenvalue weighted by molar-refractivity contribution is 9.10. The highest BCUT2D eigenvalue weighted by Gasteiger charge is 2.41. The van der Waals surface area contributed by atoms with Crippen molar-refractivity contribution in [2.75, 3.05) is 25.4 Å². The molecule has 4 atom stereocenters. The number of amidine groups is 1. The van der Waals surface area contributed by atoms with Crippen molar-refractivity contribution in [3.8, 4) is 0 Å². The van der Waals surface area contributed by atoms with Crippen LogP contribution < -0.4 is 21.7 Å². The van der Waals surface area contributed by atoms with Crippen LogP contribution in [-0.4, -0.2) is 104 Å². The summed E-state index contributed by atoms with van der Waals surface area (Å²) in [4.78, 5) is 64.4. The fraction of sp³-hybridized carbons (Fsp3) is 0.417. The lowest BCUT2D eigenvalue weighted by Crippen LogP contribution is -2.44. The van der Waals surface area contributed by atoms with Gasteiger partial charge in [0, 0.05) is 30.0 Å². The van der Waals surface area contributed by atoms with Gasteiger partial charge in [-0.15, -0.1) is 0 Å². The molecule has 7 N–H and O–H groups in total. The van der Waals surface area contributed by atoms with Gasteiger partial charge < -0.3 is 36.6 Å². The van der Waals surface area contributed by atoms with Gasteiger partial charge in [-0.3, -0.25) is 14.5 Å². The molecule has 1 aliphatic heterocycles. The number of halogens is 2. The van der Waals surface area contributed by atoms with Gasteiger partial charge in [-0.2, -0.15) is 25.3 Å². The summed E-state index contributed by atoms with van der Waals surface area (Å²) >= 11 is 11.9. The number of nitrogens with zero attached hydrogens (tertiary/aromatic N) is 4. The number of carboxylic acids is 1. The number of aromatic nitrogens is 2. The predicted octanol–water partition coefficient (Wildman–Crippen LogP) is 1.17. The smallest absolute Gasteiger partial charge is 0.408 e. The van der Waals surface area contributed by atoms with Gasteiger partial charge in [0.25, 0.3) is 0 Å². The molecule has 2 heterocycles. The normalized spacial score (nSPS) is 17.7. The number of carbonyl (C=O) groups excluding carboxylic acids is 3. The molecule has 17 nitrogen and oxygen atoms in total. The fourth-order valence-corrected chi connectivity index (χ4v) is 4.91. The molecular formula is C24H28BrFN8O9S2. The molecule has 0 spiro atoms. The Morgan fingerprint density at radius 2 is 1.80 bits per heavy atom.